The van der Waals surface area contributed by atoms with E-state index in [1.54, 1.807) is 6.26 Å². The molecule has 5 unspecified atom stereocenters. The van der Waals surface area contributed by atoms with Gasteiger partial charge in [0.05, 0.1) is 6.26 Å². The van der Waals surface area contributed by atoms with Gasteiger partial charge in [0.2, 0.25) is 0 Å². The average molecular weight is 374 g/mol. The third kappa shape index (κ3) is 3.44. The third-order valence-corrected chi connectivity index (χ3v) is 6.49. The molecule has 1 saturated carbocycles. The van der Waals surface area contributed by atoms with Gasteiger partial charge >= 0.3 is 11.9 Å². The molecule has 0 radical (unpaired) electrons. The van der Waals surface area contributed by atoms with Gasteiger partial charge < -0.3 is 13.9 Å². The van der Waals surface area contributed by atoms with Gasteiger partial charge in [0.25, 0.3) is 0 Å². The van der Waals surface area contributed by atoms with Crippen LogP contribution in [0, 0.1) is 24.2 Å². The van der Waals surface area contributed by atoms with Gasteiger partial charge in [-0.25, -0.2) is 4.79 Å². The minimum absolute atomic E-state index is 0.0400. The topological polar surface area (TPSA) is 65.7 Å². The third-order valence-electron chi connectivity index (χ3n) is 6.49. The Labute approximate surface area is 161 Å². The molecule has 0 aliphatic heterocycles. The van der Waals surface area contributed by atoms with Crippen molar-refractivity contribution in [3.63, 3.8) is 0 Å². The van der Waals surface area contributed by atoms with Crippen LogP contribution >= 0.6 is 0 Å². The highest BCUT2D eigenvalue weighted by atomic mass is 16.6. The molecule has 0 amide bonds. The summed E-state index contributed by atoms with van der Waals surface area (Å²) in [5.41, 5.74) is 2.60. The lowest BCUT2D eigenvalue weighted by molar-refractivity contribution is -0.186. The van der Waals surface area contributed by atoms with Crippen LogP contribution in [0.2, 0.25) is 0 Å². The molecule has 5 heteroatoms. The normalized spacial score (nSPS) is 32.1. The van der Waals surface area contributed by atoms with Crippen molar-refractivity contribution < 1.29 is 23.5 Å². The minimum Gasteiger partial charge on any atom is -0.469 e. The zero-order valence-corrected chi connectivity index (χ0v) is 17.1. The van der Waals surface area contributed by atoms with Crippen LogP contribution < -0.4 is 0 Å². The molecule has 0 bridgehead atoms. The number of carbonyl (C=O) groups is 2. The number of fused-ring (bicyclic) bond motifs is 2. The van der Waals surface area contributed by atoms with Gasteiger partial charge in [-0.15, -0.1) is 0 Å². The van der Waals surface area contributed by atoms with Crippen LogP contribution in [0.25, 0.3) is 0 Å². The first-order valence-electron chi connectivity index (χ1n) is 9.74. The first-order chi connectivity index (χ1) is 12.6. The molecule has 5 atom stereocenters. The number of allylic oxidation sites excluding steroid dienone is 1. The quantitative estimate of drug-likeness (QED) is 0.568. The fourth-order valence-corrected chi connectivity index (χ4v) is 4.94. The number of hydrogen-bond acceptors (Lipinski definition) is 5. The Kier molecular flexibility index (Phi) is 5.24. The maximum atomic E-state index is 12.3. The van der Waals surface area contributed by atoms with Crippen molar-refractivity contribution in [3.05, 3.63) is 34.8 Å². The van der Waals surface area contributed by atoms with E-state index in [1.165, 1.54) is 13.0 Å². The molecule has 0 aromatic carbocycles. The van der Waals surface area contributed by atoms with E-state index >= 15 is 0 Å². The second-order valence-corrected chi connectivity index (χ2v) is 8.60. The summed E-state index contributed by atoms with van der Waals surface area (Å²) in [6, 6.07) is 0. The molecule has 2 aliphatic rings. The standard InChI is InChI=1S/C22H30O5/c1-12(2)9-19(24)27-17-8-7-14(4)22(6)16(17)10-18-20(13(3)11-25-18)21(22)26-15(5)23/h9,11,14,16-17,21H,7-8,10H2,1-6H3. The van der Waals surface area contributed by atoms with Gasteiger partial charge in [-0.2, -0.15) is 0 Å². The minimum atomic E-state index is -0.387. The van der Waals surface area contributed by atoms with E-state index in [4.69, 9.17) is 13.9 Å². The number of rotatable bonds is 3. The van der Waals surface area contributed by atoms with Crippen LogP contribution in [0.5, 0.6) is 0 Å². The Morgan fingerprint density at radius 1 is 1.22 bits per heavy atom. The average Bonchev–Trinajstić information content (AvgIpc) is 2.92. The van der Waals surface area contributed by atoms with Crippen molar-refractivity contribution in [2.45, 2.75) is 73.0 Å². The Morgan fingerprint density at radius 3 is 2.56 bits per heavy atom. The lowest BCUT2D eigenvalue weighted by Crippen LogP contribution is -2.53. The Morgan fingerprint density at radius 2 is 1.93 bits per heavy atom. The molecular formula is C22H30O5. The Hall–Kier alpha value is -2.04. The van der Waals surface area contributed by atoms with Gasteiger partial charge in [0, 0.05) is 36.3 Å². The lowest BCUT2D eigenvalue weighted by atomic mass is 9.53. The predicted molar refractivity (Wildman–Crippen MR) is 101 cm³/mol. The van der Waals surface area contributed by atoms with Crippen molar-refractivity contribution in [2.75, 3.05) is 0 Å². The first kappa shape index (κ1) is 19.7. The highest BCUT2D eigenvalue weighted by molar-refractivity contribution is 5.82. The zero-order chi connectivity index (χ0) is 19.9. The Balaban J connectivity index is 2.02. The van der Waals surface area contributed by atoms with Gasteiger partial charge in [-0.1, -0.05) is 19.4 Å². The van der Waals surface area contributed by atoms with Crippen molar-refractivity contribution in [1.29, 1.82) is 0 Å². The molecule has 27 heavy (non-hydrogen) atoms. The van der Waals surface area contributed by atoms with Gasteiger partial charge in [-0.3, -0.25) is 4.79 Å². The highest BCUT2D eigenvalue weighted by Gasteiger charge is 2.58. The molecule has 0 spiro atoms. The maximum absolute atomic E-state index is 12.3. The SMILES string of the molecule is CC(=O)OC1c2c(C)coc2CC2C(OC(=O)C=C(C)C)CCC(C)C12C. The van der Waals surface area contributed by atoms with Crippen LogP contribution in [0.15, 0.2) is 22.3 Å². The summed E-state index contributed by atoms with van der Waals surface area (Å²) in [5, 5.41) is 0. The summed E-state index contributed by atoms with van der Waals surface area (Å²) in [5.74, 6) is 0.608. The van der Waals surface area contributed by atoms with E-state index in [-0.39, 0.29) is 35.5 Å². The Bertz CT molecular complexity index is 770. The molecule has 2 aliphatic carbocycles. The summed E-state index contributed by atoms with van der Waals surface area (Å²) < 4.78 is 17.5. The molecule has 1 heterocycles. The van der Waals surface area contributed by atoms with Crippen LogP contribution in [-0.4, -0.2) is 18.0 Å². The number of esters is 2. The zero-order valence-electron chi connectivity index (χ0n) is 17.1. The van der Waals surface area contributed by atoms with Crippen LogP contribution in [0.1, 0.15) is 70.5 Å². The first-order valence-corrected chi connectivity index (χ1v) is 9.74. The van der Waals surface area contributed by atoms with E-state index in [0.29, 0.717) is 12.3 Å². The van der Waals surface area contributed by atoms with Gasteiger partial charge in [0.1, 0.15) is 18.0 Å². The second-order valence-electron chi connectivity index (χ2n) is 8.60. The second kappa shape index (κ2) is 7.17. The van der Waals surface area contributed by atoms with E-state index in [2.05, 4.69) is 13.8 Å². The van der Waals surface area contributed by atoms with Crippen LogP contribution in [0.4, 0.5) is 0 Å². The van der Waals surface area contributed by atoms with Crippen molar-refractivity contribution in [3.8, 4) is 0 Å². The molecular weight excluding hydrogens is 344 g/mol. The van der Waals surface area contributed by atoms with E-state index < -0.39 is 0 Å². The van der Waals surface area contributed by atoms with Gasteiger partial charge in [-0.05, 0) is 45.1 Å². The molecule has 1 aromatic heterocycles. The lowest BCUT2D eigenvalue weighted by Gasteiger charge is -2.54. The molecule has 0 N–H and O–H groups in total. The monoisotopic (exact) mass is 374 g/mol. The van der Waals surface area contributed by atoms with E-state index in [0.717, 1.165) is 35.3 Å². The molecule has 1 fully saturated rings. The summed E-state index contributed by atoms with van der Waals surface area (Å²) in [4.78, 5) is 24.2. The van der Waals surface area contributed by atoms with Crippen molar-refractivity contribution in [1.82, 2.24) is 0 Å². The molecule has 148 valence electrons. The largest absolute Gasteiger partial charge is 0.469 e. The number of furan rings is 1. The highest BCUT2D eigenvalue weighted by Crippen LogP contribution is 2.60. The number of hydrogen-bond donors (Lipinski definition) is 0. The number of aryl methyl sites for hydroxylation is 1. The van der Waals surface area contributed by atoms with Crippen LogP contribution in [-0.2, 0) is 25.5 Å². The number of carbonyl (C=O) groups excluding carboxylic acids is 2. The van der Waals surface area contributed by atoms with E-state index in [9.17, 15) is 9.59 Å². The van der Waals surface area contributed by atoms with Crippen LogP contribution in [0.3, 0.4) is 0 Å². The van der Waals surface area contributed by atoms with Gasteiger partial charge in [0.15, 0.2) is 0 Å². The summed E-state index contributed by atoms with van der Waals surface area (Å²) >= 11 is 0. The smallest absolute Gasteiger partial charge is 0.330 e. The molecule has 1 aromatic rings. The molecule has 5 nitrogen and oxygen atoms in total. The van der Waals surface area contributed by atoms with Crippen molar-refractivity contribution >= 4 is 11.9 Å². The number of ether oxygens (including phenoxy) is 2. The maximum Gasteiger partial charge on any atom is 0.330 e. The summed E-state index contributed by atoms with van der Waals surface area (Å²) in [6.07, 6.45) is 5.08. The fourth-order valence-electron chi connectivity index (χ4n) is 4.94. The van der Waals surface area contributed by atoms with Crippen molar-refractivity contribution in [2.24, 2.45) is 17.3 Å². The fraction of sp³-hybridized carbons (Fsp3) is 0.636. The summed E-state index contributed by atoms with van der Waals surface area (Å²) in [6.45, 7) is 11.6. The van der Waals surface area contributed by atoms with E-state index in [1.807, 2.05) is 20.8 Å². The predicted octanol–water partition coefficient (Wildman–Crippen LogP) is 4.68. The molecule has 0 saturated heterocycles. The molecule has 3 rings (SSSR count). The summed E-state index contributed by atoms with van der Waals surface area (Å²) in [7, 11) is 0.